The molecule has 0 atom stereocenters. The van der Waals surface area contributed by atoms with Gasteiger partial charge in [-0.05, 0) is 23.6 Å². The van der Waals surface area contributed by atoms with Crippen LogP contribution in [0.25, 0.3) is 0 Å². The zero-order valence-electron chi connectivity index (χ0n) is 14.3. The molecular formula is C19H23NO4S. The summed E-state index contributed by atoms with van der Waals surface area (Å²) in [5, 5.41) is 2.78. The van der Waals surface area contributed by atoms with Crippen molar-refractivity contribution in [3.63, 3.8) is 0 Å². The molecule has 2 aromatic rings. The standard InChI is InChI=1S/C19H23NO4S/c1-24-14-17-10-5-6-11-18(17)19(21)20-12-7-13-25(22,23)15-16-8-3-2-4-9-16/h2-6,8-11H,7,12-15H2,1H3,(H,20,21). The first-order valence-electron chi connectivity index (χ1n) is 8.11. The van der Waals surface area contributed by atoms with Gasteiger partial charge in [0.15, 0.2) is 9.84 Å². The van der Waals surface area contributed by atoms with E-state index in [0.29, 0.717) is 25.1 Å². The van der Waals surface area contributed by atoms with Crippen molar-refractivity contribution in [2.45, 2.75) is 18.8 Å². The van der Waals surface area contributed by atoms with Crippen LogP contribution < -0.4 is 5.32 Å². The van der Waals surface area contributed by atoms with E-state index in [1.54, 1.807) is 31.4 Å². The van der Waals surface area contributed by atoms with Crippen LogP contribution in [0.5, 0.6) is 0 Å². The number of carbonyl (C=O) groups excluding carboxylic acids is 1. The van der Waals surface area contributed by atoms with Gasteiger partial charge in [0, 0.05) is 19.2 Å². The molecule has 2 aromatic carbocycles. The maximum atomic E-state index is 12.2. The van der Waals surface area contributed by atoms with E-state index in [4.69, 9.17) is 4.74 Å². The van der Waals surface area contributed by atoms with Crippen LogP contribution in [0.2, 0.25) is 0 Å². The van der Waals surface area contributed by atoms with Crippen molar-refractivity contribution in [1.29, 1.82) is 0 Å². The summed E-state index contributed by atoms with van der Waals surface area (Å²) in [4.78, 5) is 12.2. The quantitative estimate of drug-likeness (QED) is 0.697. The molecule has 0 spiro atoms. The van der Waals surface area contributed by atoms with Crippen LogP contribution in [-0.2, 0) is 26.9 Å². The SMILES string of the molecule is COCc1ccccc1C(=O)NCCCS(=O)(=O)Cc1ccccc1. The number of ether oxygens (including phenoxy) is 1. The van der Waals surface area contributed by atoms with E-state index in [1.807, 2.05) is 30.3 Å². The van der Waals surface area contributed by atoms with E-state index < -0.39 is 9.84 Å². The summed E-state index contributed by atoms with van der Waals surface area (Å²) in [7, 11) is -1.61. The van der Waals surface area contributed by atoms with Crippen LogP contribution >= 0.6 is 0 Å². The molecule has 134 valence electrons. The summed E-state index contributed by atoms with van der Waals surface area (Å²) in [5.74, 6) is -0.145. The predicted molar refractivity (Wildman–Crippen MR) is 98.0 cm³/mol. The monoisotopic (exact) mass is 361 g/mol. The van der Waals surface area contributed by atoms with Gasteiger partial charge in [-0.15, -0.1) is 0 Å². The van der Waals surface area contributed by atoms with Crippen LogP contribution in [0.3, 0.4) is 0 Å². The van der Waals surface area contributed by atoms with Crippen LogP contribution in [0.15, 0.2) is 54.6 Å². The minimum absolute atomic E-state index is 0.0262. The molecule has 25 heavy (non-hydrogen) atoms. The molecule has 0 saturated heterocycles. The number of nitrogens with one attached hydrogen (secondary N) is 1. The smallest absolute Gasteiger partial charge is 0.251 e. The normalized spacial score (nSPS) is 11.2. The third-order valence-corrected chi connectivity index (χ3v) is 5.39. The first-order chi connectivity index (χ1) is 12.0. The zero-order chi connectivity index (χ0) is 18.1. The number of carbonyl (C=O) groups is 1. The van der Waals surface area contributed by atoms with Crippen molar-refractivity contribution in [2.75, 3.05) is 19.4 Å². The summed E-state index contributed by atoms with van der Waals surface area (Å²) in [6.07, 6.45) is 0.382. The largest absolute Gasteiger partial charge is 0.380 e. The summed E-state index contributed by atoms with van der Waals surface area (Å²) in [6, 6.07) is 16.3. The van der Waals surface area contributed by atoms with Crippen LogP contribution in [0.1, 0.15) is 27.9 Å². The summed E-state index contributed by atoms with van der Waals surface area (Å²) >= 11 is 0. The van der Waals surface area contributed by atoms with Gasteiger partial charge in [-0.1, -0.05) is 48.5 Å². The van der Waals surface area contributed by atoms with E-state index in [1.165, 1.54) is 0 Å². The van der Waals surface area contributed by atoms with Gasteiger partial charge in [0.1, 0.15) is 0 Å². The number of hydrogen-bond acceptors (Lipinski definition) is 4. The predicted octanol–water partition coefficient (Wildman–Crippen LogP) is 2.57. The lowest BCUT2D eigenvalue weighted by molar-refractivity contribution is 0.0948. The fourth-order valence-electron chi connectivity index (χ4n) is 2.51. The molecule has 0 fully saturated rings. The van der Waals surface area contributed by atoms with Gasteiger partial charge in [-0.2, -0.15) is 0 Å². The lowest BCUT2D eigenvalue weighted by Crippen LogP contribution is -2.27. The second kappa shape index (κ2) is 9.34. The number of hydrogen-bond donors (Lipinski definition) is 1. The fraction of sp³-hybridized carbons (Fsp3) is 0.316. The Labute approximate surface area is 148 Å². The third kappa shape index (κ3) is 6.32. The molecule has 0 radical (unpaired) electrons. The highest BCUT2D eigenvalue weighted by Crippen LogP contribution is 2.10. The molecule has 0 aliphatic carbocycles. The Kier molecular flexibility index (Phi) is 7.16. The first-order valence-corrected chi connectivity index (χ1v) is 9.93. The average molecular weight is 361 g/mol. The van der Waals surface area contributed by atoms with Crippen molar-refractivity contribution in [2.24, 2.45) is 0 Å². The Morgan fingerprint density at radius 1 is 1.04 bits per heavy atom. The van der Waals surface area contributed by atoms with Crippen molar-refractivity contribution in [1.82, 2.24) is 5.32 Å². The molecule has 0 bridgehead atoms. The Morgan fingerprint density at radius 2 is 1.72 bits per heavy atom. The van der Waals surface area contributed by atoms with E-state index in [-0.39, 0.29) is 17.4 Å². The lowest BCUT2D eigenvalue weighted by Gasteiger charge is -2.10. The number of benzene rings is 2. The van der Waals surface area contributed by atoms with E-state index in [9.17, 15) is 13.2 Å². The average Bonchev–Trinajstić information content (AvgIpc) is 2.60. The molecule has 0 saturated carbocycles. The molecule has 1 N–H and O–H groups in total. The van der Waals surface area contributed by atoms with Gasteiger partial charge in [-0.25, -0.2) is 8.42 Å². The molecule has 1 amide bonds. The van der Waals surface area contributed by atoms with Gasteiger partial charge >= 0.3 is 0 Å². The maximum absolute atomic E-state index is 12.2. The highest BCUT2D eigenvalue weighted by Gasteiger charge is 2.13. The van der Waals surface area contributed by atoms with Crippen LogP contribution in [0.4, 0.5) is 0 Å². The number of methoxy groups -OCH3 is 1. The minimum Gasteiger partial charge on any atom is -0.380 e. The highest BCUT2D eigenvalue weighted by molar-refractivity contribution is 7.90. The summed E-state index contributed by atoms with van der Waals surface area (Å²) in [6.45, 7) is 0.670. The molecular weight excluding hydrogens is 338 g/mol. The molecule has 2 rings (SSSR count). The summed E-state index contributed by atoms with van der Waals surface area (Å²) < 4.78 is 29.3. The highest BCUT2D eigenvalue weighted by atomic mass is 32.2. The van der Waals surface area contributed by atoms with E-state index in [2.05, 4.69) is 5.32 Å². The van der Waals surface area contributed by atoms with Gasteiger partial charge in [0.25, 0.3) is 5.91 Å². The maximum Gasteiger partial charge on any atom is 0.251 e. The zero-order valence-corrected chi connectivity index (χ0v) is 15.1. The Balaban J connectivity index is 1.82. The van der Waals surface area contributed by atoms with Gasteiger partial charge in [0.2, 0.25) is 0 Å². The van der Waals surface area contributed by atoms with Crippen molar-refractivity contribution in [3.05, 3.63) is 71.3 Å². The Bertz CT molecular complexity index is 788. The molecule has 0 aliphatic heterocycles. The first kappa shape index (κ1) is 19.1. The lowest BCUT2D eigenvalue weighted by atomic mass is 10.1. The molecule has 0 heterocycles. The minimum atomic E-state index is -3.19. The van der Waals surface area contributed by atoms with Crippen molar-refractivity contribution in [3.8, 4) is 0 Å². The Hall–Kier alpha value is -2.18. The molecule has 5 nitrogen and oxygen atoms in total. The topological polar surface area (TPSA) is 72.5 Å². The number of amides is 1. The number of rotatable bonds is 9. The third-order valence-electron chi connectivity index (χ3n) is 3.71. The molecule has 6 heteroatoms. The van der Waals surface area contributed by atoms with Crippen molar-refractivity contribution >= 4 is 15.7 Å². The Morgan fingerprint density at radius 3 is 2.44 bits per heavy atom. The van der Waals surface area contributed by atoms with Crippen molar-refractivity contribution < 1.29 is 17.9 Å². The number of sulfone groups is 1. The second-order valence-electron chi connectivity index (χ2n) is 5.78. The summed E-state index contributed by atoms with van der Waals surface area (Å²) in [5.41, 5.74) is 2.13. The molecule has 0 unspecified atom stereocenters. The van der Waals surface area contributed by atoms with Gasteiger partial charge < -0.3 is 10.1 Å². The van der Waals surface area contributed by atoms with Gasteiger partial charge in [0.05, 0.1) is 18.1 Å². The van der Waals surface area contributed by atoms with Crippen LogP contribution in [-0.4, -0.2) is 33.7 Å². The molecule has 0 aromatic heterocycles. The second-order valence-corrected chi connectivity index (χ2v) is 7.96. The van der Waals surface area contributed by atoms with E-state index >= 15 is 0 Å². The molecule has 0 aliphatic rings. The van der Waals surface area contributed by atoms with Gasteiger partial charge in [-0.3, -0.25) is 4.79 Å². The van der Waals surface area contributed by atoms with Crippen LogP contribution in [0, 0.1) is 0 Å². The van der Waals surface area contributed by atoms with E-state index in [0.717, 1.165) is 11.1 Å². The fourth-order valence-corrected chi connectivity index (χ4v) is 3.94.